The minimum atomic E-state index is 0.816. The summed E-state index contributed by atoms with van der Waals surface area (Å²) in [4.78, 5) is 17.4. The summed E-state index contributed by atoms with van der Waals surface area (Å²) in [5.41, 5.74) is 1.96. The van der Waals surface area contributed by atoms with Crippen LogP contribution in [0.3, 0.4) is 0 Å². The first kappa shape index (κ1) is 13.5. The second kappa shape index (κ2) is 5.53. The van der Waals surface area contributed by atoms with Gasteiger partial charge in [-0.15, -0.1) is 11.3 Å². The predicted octanol–water partition coefficient (Wildman–Crippen LogP) is 3.21. The van der Waals surface area contributed by atoms with E-state index in [1.807, 2.05) is 30.2 Å². The van der Waals surface area contributed by atoms with Gasteiger partial charge in [0.15, 0.2) is 5.82 Å². The van der Waals surface area contributed by atoms with E-state index in [9.17, 15) is 0 Å². The van der Waals surface area contributed by atoms with Crippen LogP contribution in [0.25, 0.3) is 22.0 Å². The first-order valence-electron chi connectivity index (χ1n) is 7.46. The summed E-state index contributed by atoms with van der Waals surface area (Å²) in [5.74, 6) is 1.70. The van der Waals surface area contributed by atoms with Gasteiger partial charge in [0.05, 0.1) is 0 Å². The van der Waals surface area contributed by atoms with E-state index in [-0.39, 0.29) is 0 Å². The first-order valence-corrected chi connectivity index (χ1v) is 8.34. The summed E-state index contributed by atoms with van der Waals surface area (Å²) in [5, 5.41) is 2.08. The third kappa shape index (κ3) is 2.29. The second-order valence-electron chi connectivity index (χ2n) is 5.47. The number of thiophene rings is 1. The van der Waals surface area contributed by atoms with Crippen LogP contribution >= 0.6 is 11.3 Å². The summed E-state index contributed by atoms with van der Waals surface area (Å²) in [7, 11) is 2.00. The van der Waals surface area contributed by atoms with Gasteiger partial charge in [-0.1, -0.05) is 6.07 Å². The molecule has 22 heavy (non-hydrogen) atoms. The number of aryl methyl sites for hydroxylation is 1. The Balaban J connectivity index is 1.86. The fourth-order valence-electron chi connectivity index (χ4n) is 2.82. The number of imidazole rings is 1. The van der Waals surface area contributed by atoms with Crippen molar-refractivity contribution >= 4 is 17.3 Å². The molecule has 0 spiro atoms. The van der Waals surface area contributed by atoms with Crippen molar-refractivity contribution < 1.29 is 0 Å². The maximum atomic E-state index is 4.85. The van der Waals surface area contributed by atoms with Crippen molar-refractivity contribution in [1.82, 2.24) is 19.5 Å². The van der Waals surface area contributed by atoms with Crippen LogP contribution in [0.2, 0.25) is 0 Å². The van der Waals surface area contributed by atoms with Crippen molar-refractivity contribution in [2.75, 3.05) is 18.0 Å². The van der Waals surface area contributed by atoms with Gasteiger partial charge in [0.2, 0.25) is 5.95 Å². The molecule has 112 valence electrons. The van der Waals surface area contributed by atoms with E-state index in [1.165, 1.54) is 17.7 Å². The lowest BCUT2D eigenvalue weighted by Crippen LogP contribution is -2.20. The molecule has 0 radical (unpaired) electrons. The number of anilines is 1. The smallest absolute Gasteiger partial charge is 0.226 e. The Morgan fingerprint density at radius 1 is 1.18 bits per heavy atom. The minimum absolute atomic E-state index is 0.816. The van der Waals surface area contributed by atoms with Crippen LogP contribution < -0.4 is 4.90 Å². The van der Waals surface area contributed by atoms with Gasteiger partial charge < -0.3 is 9.47 Å². The first-order chi connectivity index (χ1) is 10.8. The highest BCUT2D eigenvalue weighted by Crippen LogP contribution is 2.33. The predicted molar refractivity (Wildman–Crippen MR) is 89.0 cm³/mol. The van der Waals surface area contributed by atoms with E-state index in [0.29, 0.717) is 0 Å². The van der Waals surface area contributed by atoms with Crippen LogP contribution in [0.15, 0.2) is 36.1 Å². The summed E-state index contributed by atoms with van der Waals surface area (Å²) in [6.07, 6.45) is 8.13. The van der Waals surface area contributed by atoms with Gasteiger partial charge in [-0.3, -0.25) is 0 Å². The number of hydrogen-bond acceptors (Lipinski definition) is 5. The van der Waals surface area contributed by atoms with Crippen LogP contribution in [0.5, 0.6) is 0 Å². The molecule has 0 unspecified atom stereocenters. The SMILES string of the molecule is Cn1ccnc1-c1nc(N2CCCC2)ncc1-c1cccs1. The molecule has 0 N–H and O–H groups in total. The Labute approximate surface area is 133 Å². The highest BCUT2D eigenvalue weighted by molar-refractivity contribution is 7.13. The topological polar surface area (TPSA) is 46.8 Å². The minimum Gasteiger partial charge on any atom is -0.341 e. The maximum Gasteiger partial charge on any atom is 0.226 e. The van der Waals surface area contributed by atoms with Crippen LogP contribution in [-0.4, -0.2) is 32.6 Å². The van der Waals surface area contributed by atoms with Crippen molar-refractivity contribution in [1.29, 1.82) is 0 Å². The van der Waals surface area contributed by atoms with Gasteiger partial charge in [-0.25, -0.2) is 15.0 Å². The van der Waals surface area contributed by atoms with Crippen molar-refractivity contribution in [3.8, 4) is 22.0 Å². The normalized spacial score (nSPS) is 14.7. The van der Waals surface area contributed by atoms with Crippen LogP contribution in [0.1, 0.15) is 12.8 Å². The molecular weight excluding hydrogens is 294 g/mol. The number of nitrogens with zero attached hydrogens (tertiary/aromatic N) is 5. The molecule has 0 atom stereocenters. The van der Waals surface area contributed by atoms with Crippen LogP contribution in [-0.2, 0) is 7.05 Å². The maximum absolute atomic E-state index is 4.85. The Morgan fingerprint density at radius 3 is 2.73 bits per heavy atom. The molecule has 4 heterocycles. The molecule has 3 aromatic heterocycles. The van der Waals surface area contributed by atoms with E-state index < -0.39 is 0 Å². The molecule has 5 nitrogen and oxygen atoms in total. The zero-order valence-electron chi connectivity index (χ0n) is 12.4. The Kier molecular flexibility index (Phi) is 3.38. The summed E-state index contributed by atoms with van der Waals surface area (Å²) in [6, 6.07) is 4.15. The third-order valence-electron chi connectivity index (χ3n) is 3.98. The van der Waals surface area contributed by atoms with Crippen molar-refractivity contribution in [2.45, 2.75) is 12.8 Å². The molecule has 0 aliphatic carbocycles. The average Bonchev–Trinajstić information content (AvgIpc) is 3.29. The molecule has 3 aromatic rings. The largest absolute Gasteiger partial charge is 0.341 e. The van der Waals surface area contributed by atoms with Crippen molar-refractivity contribution in [2.24, 2.45) is 7.05 Å². The lowest BCUT2D eigenvalue weighted by molar-refractivity contribution is 0.884. The van der Waals surface area contributed by atoms with Gasteiger partial charge in [-0.2, -0.15) is 0 Å². The fraction of sp³-hybridized carbons (Fsp3) is 0.312. The zero-order valence-corrected chi connectivity index (χ0v) is 13.3. The highest BCUT2D eigenvalue weighted by atomic mass is 32.1. The summed E-state index contributed by atoms with van der Waals surface area (Å²) >= 11 is 1.70. The quantitative estimate of drug-likeness (QED) is 0.745. The molecule has 0 aromatic carbocycles. The van der Waals surface area contributed by atoms with Gasteiger partial charge in [0.25, 0.3) is 0 Å². The number of hydrogen-bond donors (Lipinski definition) is 0. The lowest BCUT2D eigenvalue weighted by Gasteiger charge is -2.17. The molecule has 1 saturated heterocycles. The van der Waals surface area contributed by atoms with E-state index in [2.05, 4.69) is 32.4 Å². The van der Waals surface area contributed by atoms with Gasteiger partial charge in [-0.05, 0) is 24.3 Å². The average molecular weight is 311 g/mol. The van der Waals surface area contributed by atoms with Gasteiger partial charge in [0.1, 0.15) is 5.69 Å². The third-order valence-corrected chi connectivity index (χ3v) is 4.89. The molecule has 0 saturated carbocycles. The van der Waals surface area contributed by atoms with E-state index in [1.54, 1.807) is 11.3 Å². The van der Waals surface area contributed by atoms with Crippen LogP contribution in [0.4, 0.5) is 5.95 Å². The van der Waals surface area contributed by atoms with Crippen molar-refractivity contribution in [3.63, 3.8) is 0 Å². The molecule has 1 aliphatic rings. The molecule has 6 heteroatoms. The number of aromatic nitrogens is 4. The van der Waals surface area contributed by atoms with Gasteiger partial charge >= 0.3 is 0 Å². The van der Waals surface area contributed by atoms with Crippen LogP contribution in [0, 0.1) is 0 Å². The highest BCUT2D eigenvalue weighted by Gasteiger charge is 2.20. The molecule has 4 rings (SSSR count). The molecule has 1 fully saturated rings. The van der Waals surface area contributed by atoms with E-state index >= 15 is 0 Å². The van der Waals surface area contributed by atoms with E-state index in [4.69, 9.17) is 4.98 Å². The second-order valence-corrected chi connectivity index (χ2v) is 6.41. The van der Waals surface area contributed by atoms with Gasteiger partial charge in [0, 0.05) is 49.2 Å². The zero-order chi connectivity index (χ0) is 14.9. The Morgan fingerprint density at radius 2 is 2.05 bits per heavy atom. The molecule has 0 amide bonds. The summed E-state index contributed by atoms with van der Waals surface area (Å²) < 4.78 is 2.01. The molecule has 0 bridgehead atoms. The monoisotopic (exact) mass is 311 g/mol. The fourth-order valence-corrected chi connectivity index (χ4v) is 3.56. The standard InChI is InChI=1S/C16H17N5S/c1-20-9-6-17-15(20)14-12(13-5-4-10-22-13)11-18-16(19-14)21-7-2-3-8-21/h4-6,9-11H,2-3,7-8H2,1H3. The van der Waals surface area contributed by atoms with Crippen molar-refractivity contribution in [3.05, 3.63) is 36.1 Å². The summed E-state index contributed by atoms with van der Waals surface area (Å²) in [6.45, 7) is 2.08. The van der Waals surface area contributed by atoms with E-state index in [0.717, 1.165) is 36.1 Å². The molecule has 1 aliphatic heterocycles. The lowest BCUT2D eigenvalue weighted by atomic mass is 10.2. The number of rotatable bonds is 3. The Bertz CT molecular complexity index is 772. The molecular formula is C16H17N5S. The Hall–Kier alpha value is -2.21.